The summed E-state index contributed by atoms with van der Waals surface area (Å²) in [4.78, 5) is 11.1. The van der Waals surface area contributed by atoms with Crippen LogP contribution in [0.3, 0.4) is 0 Å². The topological polar surface area (TPSA) is 91.7 Å². The van der Waals surface area contributed by atoms with E-state index in [0.717, 1.165) is 32.1 Å². The van der Waals surface area contributed by atoms with Crippen LogP contribution >= 0.6 is 0 Å². The molecule has 1 aromatic carbocycles. The molecule has 0 amide bonds. The molecule has 1 atom stereocenters. The molecule has 3 aromatic rings. The fraction of sp³-hybridized carbons (Fsp3) is 0.333. The van der Waals surface area contributed by atoms with Gasteiger partial charge in [-0.25, -0.2) is 9.97 Å². The lowest BCUT2D eigenvalue weighted by atomic mass is 10.1. The smallest absolute Gasteiger partial charge is 0.397 e. The first kappa shape index (κ1) is 17.6. The molecule has 0 spiro atoms. The molecule has 1 aliphatic rings. The van der Waals surface area contributed by atoms with E-state index in [9.17, 15) is 13.2 Å². The maximum Gasteiger partial charge on any atom is 0.419 e. The molecule has 2 aromatic heterocycles. The van der Waals surface area contributed by atoms with Crippen molar-refractivity contribution in [1.29, 1.82) is 0 Å². The molecule has 0 aliphatic carbocycles. The molecule has 1 aliphatic heterocycles. The lowest BCUT2D eigenvalue weighted by Gasteiger charge is -2.24. The monoisotopic (exact) mass is 376 g/mol. The van der Waals surface area contributed by atoms with E-state index in [2.05, 4.69) is 25.6 Å². The van der Waals surface area contributed by atoms with Crippen molar-refractivity contribution in [2.45, 2.75) is 25.1 Å². The van der Waals surface area contributed by atoms with Gasteiger partial charge in [-0.1, -0.05) is 12.1 Å². The van der Waals surface area contributed by atoms with Gasteiger partial charge >= 0.3 is 6.18 Å². The van der Waals surface area contributed by atoms with Crippen molar-refractivity contribution in [3.8, 4) is 11.3 Å². The van der Waals surface area contributed by atoms with Gasteiger partial charge in [-0.2, -0.15) is 13.2 Å². The fourth-order valence-corrected chi connectivity index (χ4v) is 3.40. The Morgan fingerprint density at radius 1 is 1.26 bits per heavy atom. The molecule has 4 rings (SSSR count). The van der Waals surface area contributed by atoms with E-state index in [4.69, 9.17) is 5.73 Å². The summed E-state index contributed by atoms with van der Waals surface area (Å²) >= 11 is 0. The molecule has 0 saturated carbocycles. The van der Waals surface area contributed by atoms with Crippen LogP contribution in [-0.2, 0) is 6.18 Å². The molecule has 9 heteroatoms. The third kappa shape index (κ3) is 3.42. The van der Waals surface area contributed by atoms with Crippen LogP contribution in [0, 0.1) is 0 Å². The second-order valence-corrected chi connectivity index (χ2v) is 6.61. The second-order valence-electron chi connectivity index (χ2n) is 6.61. The van der Waals surface area contributed by atoms with E-state index in [-0.39, 0.29) is 17.7 Å². The molecule has 0 bridgehead atoms. The van der Waals surface area contributed by atoms with Crippen molar-refractivity contribution < 1.29 is 13.2 Å². The average Bonchev–Trinajstić information content (AvgIpc) is 3.07. The molecule has 1 saturated heterocycles. The first-order valence-corrected chi connectivity index (χ1v) is 8.71. The number of benzene rings is 1. The van der Waals surface area contributed by atoms with Gasteiger partial charge in [0.2, 0.25) is 5.95 Å². The summed E-state index contributed by atoms with van der Waals surface area (Å²) in [5, 5.41) is 6.97. The number of hydrogen-bond acceptors (Lipinski definition) is 5. The number of nitrogen functional groups attached to an aromatic ring is 1. The molecule has 0 radical (unpaired) electrons. The zero-order valence-electron chi connectivity index (χ0n) is 14.4. The maximum absolute atomic E-state index is 13.6. The average molecular weight is 376 g/mol. The summed E-state index contributed by atoms with van der Waals surface area (Å²) in [5.74, 6) is 0.185. The number of rotatable bonds is 3. The van der Waals surface area contributed by atoms with E-state index in [0.29, 0.717) is 22.2 Å². The number of nitrogens with one attached hydrogen (secondary N) is 3. The van der Waals surface area contributed by atoms with Crippen LogP contribution in [0.1, 0.15) is 18.4 Å². The van der Waals surface area contributed by atoms with Crippen molar-refractivity contribution in [1.82, 2.24) is 20.3 Å². The number of anilines is 2. The highest BCUT2D eigenvalue weighted by Crippen LogP contribution is 2.39. The van der Waals surface area contributed by atoms with Gasteiger partial charge in [0.25, 0.3) is 0 Å². The summed E-state index contributed by atoms with van der Waals surface area (Å²) < 4.78 is 40.7. The molecule has 142 valence electrons. The third-order valence-corrected chi connectivity index (χ3v) is 4.73. The number of hydrogen-bond donors (Lipinski definition) is 4. The van der Waals surface area contributed by atoms with Gasteiger partial charge in [0, 0.05) is 35.9 Å². The van der Waals surface area contributed by atoms with Crippen molar-refractivity contribution in [3.63, 3.8) is 0 Å². The van der Waals surface area contributed by atoms with Gasteiger partial charge in [0.1, 0.15) is 5.56 Å². The SMILES string of the molecule is Nc1cccc2c(-c3nc(N[C@H]4CCCNC4)ncc3C(F)(F)F)c[nH]c12. The highest BCUT2D eigenvalue weighted by molar-refractivity contribution is 6.00. The maximum atomic E-state index is 13.6. The summed E-state index contributed by atoms with van der Waals surface area (Å²) in [7, 11) is 0. The Morgan fingerprint density at radius 3 is 2.85 bits per heavy atom. The van der Waals surface area contributed by atoms with E-state index < -0.39 is 11.7 Å². The lowest BCUT2D eigenvalue weighted by Crippen LogP contribution is -2.38. The van der Waals surface area contributed by atoms with Crippen LogP contribution in [0.25, 0.3) is 22.2 Å². The summed E-state index contributed by atoms with van der Waals surface area (Å²) in [6.45, 7) is 1.66. The van der Waals surface area contributed by atoms with Gasteiger partial charge in [0.15, 0.2) is 0 Å². The largest absolute Gasteiger partial charge is 0.419 e. The zero-order valence-corrected chi connectivity index (χ0v) is 14.4. The van der Waals surface area contributed by atoms with Gasteiger partial charge < -0.3 is 21.4 Å². The zero-order chi connectivity index (χ0) is 19.0. The Bertz CT molecular complexity index is 959. The molecule has 5 N–H and O–H groups in total. The van der Waals surface area contributed by atoms with E-state index in [1.165, 1.54) is 6.20 Å². The first-order chi connectivity index (χ1) is 12.9. The van der Waals surface area contributed by atoms with Crippen molar-refractivity contribution in [2.75, 3.05) is 24.1 Å². The van der Waals surface area contributed by atoms with Gasteiger partial charge in [-0.15, -0.1) is 0 Å². The molecule has 0 unspecified atom stereocenters. The van der Waals surface area contributed by atoms with Crippen LogP contribution in [0.5, 0.6) is 0 Å². The summed E-state index contributed by atoms with van der Waals surface area (Å²) in [6, 6.07) is 5.20. The normalized spacial score (nSPS) is 18.0. The van der Waals surface area contributed by atoms with Crippen LogP contribution in [0.4, 0.5) is 24.8 Å². The predicted molar refractivity (Wildman–Crippen MR) is 98.3 cm³/mol. The Hall–Kier alpha value is -2.81. The van der Waals surface area contributed by atoms with Crippen LogP contribution in [-0.4, -0.2) is 34.1 Å². The fourth-order valence-electron chi connectivity index (χ4n) is 3.40. The minimum atomic E-state index is -4.57. The Balaban J connectivity index is 1.80. The third-order valence-electron chi connectivity index (χ3n) is 4.73. The second kappa shape index (κ2) is 6.73. The van der Waals surface area contributed by atoms with Crippen molar-refractivity contribution in [2.24, 2.45) is 0 Å². The number of para-hydroxylation sites is 1. The molecular weight excluding hydrogens is 357 g/mol. The number of nitrogens with zero attached hydrogens (tertiary/aromatic N) is 2. The highest BCUT2D eigenvalue weighted by atomic mass is 19.4. The van der Waals surface area contributed by atoms with Gasteiger partial charge in [-0.3, -0.25) is 0 Å². The molecule has 3 heterocycles. The molecule has 27 heavy (non-hydrogen) atoms. The number of aromatic nitrogens is 3. The van der Waals surface area contributed by atoms with Crippen LogP contribution in [0.2, 0.25) is 0 Å². The van der Waals surface area contributed by atoms with Crippen LogP contribution in [0.15, 0.2) is 30.6 Å². The van der Waals surface area contributed by atoms with Gasteiger partial charge in [-0.05, 0) is 25.5 Å². The standard InChI is InChI=1S/C18H19F3N6/c19-18(20,21)13-9-25-17(26-10-3-2-6-23-7-10)27-15(13)12-8-24-16-11(12)4-1-5-14(16)22/h1,4-5,8-10,23-24H,2-3,6-7,22H2,(H,25,26,27)/t10-/m0/s1. The Kier molecular flexibility index (Phi) is 4.39. The van der Waals surface area contributed by atoms with Crippen molar-refractivity contribution >= 4 is 22.5 Å². The Morgan fingerprint density at radius 2 is 2.11 bits per heavy atom. The summed E-state index contributed by atoms with van der Waals surface area (Å²) in [6.07, 6.45) is -0.315. The minimum absolute atomic E-state index is 0.0851. The molecule has 6 nitrogen and oxygen atoms in total. The lowest BCUT2D eigenvalue weighted by molar-refractivity contribution is -0.137. The molecule has 1 fully saturated rings. The number of alkyl halides is 3. The number of H-pyrrole nitrogens is 1. The molecular formula is C18H19F3N6. The van der Waals surface area contributed by atoms with Crippen LogP contribution < -0.4 is 16.4 Å². The van der Waals surface area contributed by atoms with E-state index in [1.807, 2.05) is 0 Å². The van der Waals surface area contributed by atoms with E-state index >= 15 is 0 Å². The quantitative estimate of drug-likeness (QED) is 0.526. The first-order valence-electron chi connectivity index (χ1n) is 8.71. The minimum Gasteiger partial charge on any atom is -0.397 e. The predicted octanol–water partition coefficient (Wildman–Crippen LogP) is 3.39. The van der Waals surface area contributed by atoms with Gasteiger partial charge in [0.05, 0.1) is 16.9 Å². The number of nitrogens with two attached hydrogens (primary N) is 1. The number of aromatic amines is 1. The number of piperidine rings is 1. The number of halogens is 3. The van der Waals surface area contributed by atoms with Crippen molar-refractivity contribution in [3.05, 3.63) is 36.2 Å². The van der Waals surface area contributed by atoms with E-state index in [1.54, 1.807) is 18.2 Å². The Labute approximate surface area is 153 Å². The number of fused-ring (bicyclic) bond motifs is 1. The summed E-state index contributed by atoms with van der Waals surface area (Å²) in [5.41, 5.74) is 6.27. The highest BCUT2D eigenvalue weighted by Gasteiger charge is 2.36.